The molecule has 1 aliphatic heterocycles. The third kappa shape index (κ3) is 3.10. The van der Waals surface area contributed by atoms with Crippen LogP contribution in [0.1, 0.15) is 11.1 Å². The molecule has 1 heterocycles. The molecule has 116 valence electrons. The third-order valence-corrected chi connectivity index (χ3v) is 3.83. The Labute approximate surface area is 140 Å². The Morgan fingerprint density at radius 3 is 2.70 bits per heavy atom. The Morgan fingerprint density at radius 1 is 1.17 bits per heavy atom. The number of hydrogen-bond acceptors (Lipinski definition) is 3. The number of amides is 1. The number of thiocarbonyl (C=S) groups is 1. The van der Waals surface area contributed by atoms with Crippen molar-refractivity contribution in [3.05, 3.63) is 65.4 Å². The van der Waals surface area contributed by atoms with Crippen molar-refractivity contribution in [1.29, 1.82) is 0 Å². The lowest BCUT2D eigenvalue weighted by molar-refractivity contribution is -0.113. The summed E-state index contributed by atoms with van der Waals surface area (Å²) in [6.45, 7) is 2.01. The lowest BCUT2D eigenvalue weighted by Crippen LogP contribution is -2.30. The molecule has 3 rings (SSSR count). The second-order valence-corrected chi connectivity index (χ2v) is 5.63. The molecule has 1 amide bonds. The van der Waals surface area contributed by atoms with Gasteiger partial charge in [0.15, 0.2) is 5.11 Å². The normalized spacial score (nSPS) is 15.9. The fourth-order valence-corrected chi connectivity index (χ4v) is 2.74. The molecule has 0 radical (unpaired) electrons. The lowest BCUT2D eigenvalue weighted by Gasteiger charge is -2.14. The highest BCUT2D eigenvalue weighted by atomic mass is 32.1. The predicted molar refractivity (Wildman–Crippen MR) is 95.4 cm³/mol. The number of nitrogens with one attached hydrogen (secondary N) is 1. The number of methoxy groups -OCH3 is 1. The van der Waals surface area contributed by atoms with Crippen molar-refractivity contribution in [2.45, 2.75) is 6.92 Å². The minimum absolute atomic E-state index is 0.176. The van der Waals surface area contributed by atoms with Crippen LogP contribution in [0.2, 0.25) is 0 Å². The molecule has 2 aromatic carbocycles. The van der Waals surface area contributed by atoms with Gasteiger partial charge in [0, 0.05) is 6.07 Å². The summed E-state index contributed by atoms with van der Waals surface area (Å²) in [5.74, 6) is 0.499. The zero-order chi connectivity index (χ0) is 16.4. The van der Waals surface area contributed by atoms with Crippen LogP contribution in [0, 0.1) is 6.92 Å². The number of benzene rings is 2. The number of rotatable bonds is 3. The maximum absolute atomic E-state index is 12.7. The van der Waals surface area contributed by atoms with E-state index >= 15 is 0 Å². The quantitative estimate of drug-likeness (QED) is 0.695. The second-order valence-electron chi connectivity index (χ2n) is 5.24. The number of aryl methyl sites for hydroxylation is 1. The molecule has 1 fully saturated rings. The molecule has 2 aromatic rings. The van der Waals surface area contributed by atoms with Gasteiger partial charge < -0.3 is 10.1 Å². The van der Waals surface area contributed by atoms with Crippen molar-refractivity contribution < 1.29 is 9.53 Å². The van der Waals surface area contributed by atoms with Crippen LogP contribution in [0.25, 0.3) is 6.08 Å². The van der Waals surface area contributed by atoms with Crippen LogP contribution in [-0.2, 0) is 4.79 Å². The van der Waals surface area contributed by atoms with Crippen LogP contribution in [0.3, 0.4) is 0 Å². The molecule has 0 saturated carbocycles. The fraction of sp³-hybridized carbons (Fsp3) is 0.111. The topological polar surface area (TPSA) is 41.6 Å². The minimum Gasteiger partial charge on any atom is -0.497 e. The van der Waals surface area contributed by atoms with Gasteiger partial charge in [0.25, 0.3) is 5.91 Å². The Hall–Kier alpha value is -2.66. The molecular weight excluding hydrogens is 308 g/mol. The van der Waals surface area contributed by atoms with E-state index in [1.807, 2.05) is 55.5 Å². The molecule has 0 atom stereocenters. The van der Waals surface area contributed by atoms with Crippen molar-refractivity contribution in [1.82, 2.24) is 5.32 Å². The monoisotopic (exact) mass is 324 g/mol. The molecule has 1 saturated heterocycles. The van der Waals surface area contributed by atoms with Crippen LogP contribution < -0.4 is 15.0 Å². The highest BCUT2D eigenvalue weighted by Crippen LogP contribution is 2.26. The Kier molecular flexibility index (Phi) is 4.12. The smallest absolute Gasteiger partial charge is 0.281 e. The highest BCUT2D eigenvalue weighted by molar-refractivity contribution is 7.80. The van der Waals surface area contributed by atoms with Gasteiger partial charge in [-0.2, -0.15) is 0 Å². The Bertz CT molecular complexity index is 814. The SMILES string of the molecule is COc1cccc(N2C(=O)/C(=C/c3cccc(C)c3)NC2=S)c1. The molecule has 0 bridgehead atoms. The van der Waals surface area contributed by atoms with Crippen LogP contribution in [-0.4, -0.2) is 18.1 Å². The van der Waals surface area contributed by atoms with Crippen LogP contribution in [0.5, 0.6) is 5.75 Å². The van der Waals surface area contributed by atoms with E-state index in [1.54, 1.807) is 13.2 Å². The number of anilines is 1. The van der Waals surface area contributed by atoms with E-state index in [2.05, 4.69) is 5.32 Å². The van der Waals surface area contributed by atoms with Crippen molar-refractivity contribution in [2.24, 2.45) is 0 Å². The largest absolute Gasteiger partial charge is 0.497 e. The molecular formula is C18H16N2O2S. The van der Waals surface area contributed by atoms with E-state index in [0.717, 1.165) is 11.1 Å². The van der Waals surface area contributed by atoms with E-state index < -0.39 is 0 Å². The summed E-state index contributed by atoms with van der Waals surface area (Å²) >= 11 is 5.31. The number of carbonyl (C=O) groups excluding carboxylic acids is 1. The summed E-state index contributed by atoms with van der Waals surface area (Å²) in [6.07, 6.45) is 1.81. The number of ether oxygens (including phenoxy) is 1. The van der Waals surface area contributed by atoms with Gasteiger partial charge in [-0.1, -0.05) is 35.9 Å². The van der Waals surface area contributed by atoms with E-state index in [-0.39, 0.29) is 5.91 Å². The molecule has 1 aliphatic rings. The van der Waals surface area contributed by atoms with Crippen LogP contribution in [0.4, 0.5) is 5.69 Å². The first-order valence-corrected chi connectivity index (χ1v) is 7.57. The second kappa shape index (κ2) is 6.22. The molecule has 1 N–H and O–H groups in total. The summed E-state index contributed by atoms with van der Waals surface area (Å²) in [7, 11) is 1.59. The molecule has 0 spiro atoms. The van der Waals surface area contributed by atoms with Crippen LogP contribution >= 0.6 is 12.2 Å². The van der Waals surface area contributed by atoms with Gasteiger partial charge in [0.2, 0.25) is 0 Å². The van der Waals surface area contributed by atoms with Gasteiger partial charge in [-0.15, -0.1) is 0 Å². The molecule has 23 heavy (non-hydrogen) atoms. The Balaban J connectivity index is 1.93. The van der Waals surface area contributed by atoms with Crippen molar-refractivity contribution in [2.75, 3.05) is 12.0 Å². The highest BCUT2D eigenvalue weighted by Gasteiger charge is 2.32. The standard InChI is InChI=1S/C18H16N2O2S/c1-12-5-3-6-13(9-12)10-16-17(21)20(18(23)19-16)14-7-4-8-15(11-14)22-2/h3-11H,1-2H3,(H,19,23)/b16-10-. The van der Waals surface area contributed by atoms with E-state index in [1.165, 1.54) is 4.90 Å². The molecule has 4 nitrogen and oxygen atoms in total. The lowest BCUT2D eigenvalue weighted by atomic mass is 10.1. The van der Waals surface area contributed by atoms with E-state index in [4.69, 9.17) is 17.0 Å². The van der Waals surface area contributed by atoms with Gasteiger partial charge in [-0.05, 0) is 42.9 Å². The zero-order valence-electron chi connectivity index (χ0n) is 12.9. The van der Waals surface area contributed by atoms with E-state index in [0.29, 0.717) is 22.2 Å². The van der Waals surface area contributed by atoms with Crippen molar-refractivity contribution >= 4 is 35.0 Å². The summed E-state index contributed by atoms with van der Waals surface area (Å²) in [6, 6.07) is 15.2. The molecule has 5 heteroatoms. The molecule has 0 unspecified atom stereocenters. The average molecular weight is 324 g/mol. The molecule has 0 aromatic heterocycles. The Morgan fingerprint density at radius 2 is 1.96 bits per heavy atom. The van der Waals surface area contributed by atoms with Crippen molar-refractivity contribution in [3.8, 4) is 5.75 Å². The van der Waals surface area contributed by atoms with Gasteiger partial charge in [-0.25, -0.2) is 0 Å². The zero-order valence-corrected chi connectivity index (χ0v) is 13.7. The summed E-state index contributed by atoms with van der Waals surface area (Å²) in [5.41, 5.74) is 3.23. The first kappa shape index (κ1) is 15.2. The summed E-state index contributed by atoms with van der Waals surface area (Å²) in [5, 5.41) is 3.35. The number of hydrogen-bond donors (Lipinski definition) is 1. The minimum atomic E-state index is -0.176. The van der Waals surface area contributed by atoms with Gasteiger partial charge in [-0.3, -0.25) is 9.69 Å². The van der Waals surface area contributed by atoms with Gasteiger partial charge >= 0.3 is 0 Å². The maximum Gasteiger partial charge on any atom is 0.281 e. The van der Waals surface area contributed by atoms with Gasteiger partial charge in [0.05, 0.1) is 12.8 Å². The van der Waals surface area contributed by atoms with Crippen molar-refractivity contribution in [3.63, 3.8) is 0 Å². The number of carbonyl (C=O) groups is 1. The van der Waals surface area contributed by atoms with Gasteiger partial charge in [0.1, 0.15) is 11.4 Å². The fourth-order valence-electron chi connectivity index (χ4n) is 2.45. The third-order valence-electron chi connectivity index (χ3n) is 3.54. The van der Waals surface area contributed by atoms with Crippen LogP contribution in [0.15, 0.2) is 54.2 Å². The maximum atomic E-state index is 12.7. The predicted octanol–water partition coefficient (Wildman–Crippen LogP) is 3.27. The first-order chi connectivity index (χ1) is 11.1. The molecule has 0 aliphatic carbocycles. The number of nitrogens with zero attached hydrogens (tertiary/aromatic N) is 1. The average Bonchev–Trinajstić information content (AvgIpc) is 2.81. The first-order valence-electron chi connectivity index (χ1n) is 7.16. The summed E-state index contributed by atoms with van der Waals surface area (Å²) in [4.78, 5) is 14.1. The summed E-state index contributed by atoms with van der Waals surface area (Å²) < 4.78 is 5.20. The van der Waals surface area contributed by atoms with E-state index in [9.17, 15) is 4.79 Å².